The number of ether oxygens (including phenoxy) is 1. The Morgan fingerprint density at radius 1 is 1.17 bits per heavy atom. The van der Waals surface area contributed by atoms with Gasteiger partial charge < -0.3 is 10.1 Å². The zero-order valence-electron chi connectivity index (χ0n) is 13.2. The van der Waals surface area contributed by atoms with E-state index in [2.05, 4.69) is 5.32 Å². The molecule has 1 amide bonds. The summed E-state index contributed by atoms with van der Waals surface area (Å²) in [6.45, 7) is 0.558. The van der Waals surface area contributed by atoms with Crippen LogP contribution in [-0.4, -0.2) is 31.9 Å². The molecule has 0 unspecified atom stereocenters. The number of amides is 1. The highest BCUT2D eigenvalue weighted by Gasteiger charge is 2.29. The molecule has 1 atom stereocenters. The smallest absolute Gasteiger partial charge is 0.221 e. The number of fused-ring (bicyclic) bond motifs is 1. The van der Waals surface area contributed by atoms with E-state index in [1.54, 1.807) is 0 Å². The molecule has 1 N–H and O–H groups in total. The van der Waals surface area contributed by atoms with Gasteiger partial charge in [0.25, 0.3) is 0 Å². The number of carbonyl (C=O) groups is 1. The van der Waals surface area contributed by atoms with Gasteiger partial charge in [0.1, 0.15) is 5.75 Å². The molecule has 1 aromatic rings. The second kappa shape index (κ2) is 6.91. The fourth-order valence-electron chi connectivity index (χ4n) is 3.41. The van der Waals surface area contributed by atoms with E-state index < -0.39 is 9.84 Å². The Morgan fingerprint density at radius 3 is 2.70 bits per heavy atom. The molecule has 1 saturated carbocycles. The lowest BCUT2D eigenvalue weighted by Crippen LogP contribution is -2.34. The van der Waals surface area contributed by atoms with Gasteiger partial charge in [0, 0.05) is 18.4 Å². The largest absolute Gasteiger partial charge is 0.493 e. The van der Waals surface area contributed by atoms with E-state index in [0.717, 1.165) is 37.0 Å². The van der Waals surface area contributed by atoms with Crippen LogP contribution in [0.25, 0.3) is 0 Å². The Hall–Kier alpha value is -1.56. The average molecular weight is 337 g/mol. The summed E-state index contributed by atoms with van der Waals surface area (Å²) in [5, 5.41) is 2.72. The second-order valence-electron chi connectivity index (χ2n) is 6.32. The van der Waals surface area contributed by atoms with Gasteiger partial charge in [-0.2, -0.15) is 0 Å². The van der Waals surface area contributed by atoms with Crippen molar-refractivity contribution in [2.24, 2.45) is 0 Å². The van der Waals surface area contributed by atoms with E-state index in [-0.39, 0.29) is 29.4 Å². The van der Waals surface area contributed by atoms with Crippen LogP contribution in [0.15, 0.2) is 24.3 Å². The van der Waals surface area contributed by atoms with E-state index in [1.807, 2.05) is 24.3 Å². The first-order chi connectivity index (χ1) is 11.1. The molecule has 23 heavy (non-hydrogen) atoms. The number of rotatable bonds is 5. The predicted octanol–water partition coefficient (Wildman–Crippen LogP) is 2.37. The van der Waals surface area contributed by atoms with Crippen LogP contribution >= 0.6 is 0 Å². The van der Waals surface area contributed by atoms with Crippen molar-refractivity contribution in [3.63, 3.8) is 0 Å². The van der Waals surface area contributed by atoms with Crippen molar-refractivity contribution < 1.29 is 17.9 Å². The molecular formula is C17H23NO4S. The third-order valence-corrected chi connectivity index (χ3v) is 6.98. The summed E-state index contributed by atoms with van der Waals surface area (Å²) >= 11 is 0. The number of para-hydroxylation sites is 1. The van der Waals surface area contributed by atoms with Crippen molar-refractivity contribution in [3.8, 4) is 5.75 Å². The summed E-state index contributed by atoms with van der Waals surface area (Å²) in [5.41, 5.74) is 0.964. The van der Waals surface area contributed by atoms with Crippen molar-refractivity contribution in [1.29, 1.82) is 0 Å². The molecule has 0 bridgehead atoms. The van der Waals surface area contributed by atoms with Gasteiger partial charge in [-0.15, -0.1) is 0 Å². The number of benzene rings is 1. The molecule has 0 saturated heterocycles. The molecule has 3 rings (SSSR count). The maximum absolute atomic E-state index is 12.2. The summed E-state index contributed by atoms with van der Waals surface area (Å²) in [6, 6.07) is 7.54. The lowest BCUT2D eigenvalue weighted by Gasteiger charge is -2.26. The second-order valence-corrected chi connectivity index (χ2v) is 8.72. The van der Waals surface area contributed by atoms with Crippen LogP contribution < -0.4 is 10.1 Å². The molecule has 1 fully saturated rings. The molecule has 0 spiro atoms. The quantitative estimate of drug-likeness (QED) is 0.895. The van der Waals surface area contributed by atoms with E-state index in [1.165, 1.54) is 0 Å². The fraction of sp³-hybridized carbons (Fsp3) is 0.588. The van der Waals surface area contributed by atoms with E-state index in [9.17, 15) is 13.2 Å². The van der Waals surface area contributed by atoms with Crippen LogP contribution in [0.4, 0.5) is 0 Å². The Labute approximate surface area is 137 Å². The third-order valence-electron chi connectivity index (χ3n) is 4.72. The lowest BCUT2D eigenvalue weighted by molar-refractivity contribution is -0.121. The van der Waals surface area contributed by atoms with Gasteiger partial charge in [-0.3, -0.25) is 4.79 Å². The molecule has 5 nitrogen and oxygen atoms in total. The van der Waals surface area contributed by atoms with Gasteiger partial charge in [-0.25, -0.2) is 8.42 Å². The Balaban J connectivity index is 1.56. The maximum atomic E-state index is 12.2. The number of hydrogen-bond acceptors (Lipinski definition) is 4. The Bertz CT molecular complexity index is 665. The molecule has 0 aromatic heterocycles. The molecule has 1 aromatic carbocycles. The Morgan fingerprint density at radius 2 is 1.91 bits per heavy atom. The van der Waals surface area contributed by atoms with Crippen molar-refractivity contribution in [1.82, 2.24) is 5.32 Å². The molecule has 0 radical (unpaired) electrons. The number of carbonyl (C=O) groups excluding carboxylic acids is 1. The maximum Gasteiger partial charge on any atom is 0.221 e. The summed E-state index contributed by atoms with van der Waals surface area (Å²) in [7, 11) is -3.14. The molecule has 1 heterocycles. The minimum atomic E-state index is -3.14. The van der Waals surface area contributed by atoms with Crippen molar-refractivity contribution in [2.75, 3.05) is 12.4 Å². The van der Waals surface area contributed by atoms with Crippen LogP contribution in [0.3, 0.4) is 0 Å². The first kappa shape index (κ1) is 16.3. The van der Waals surface area contributed by atoms with Gasteiger partial charge in [0.05, 0.1) is 23.7 Å². The first-order valence-corrected chi connectivity index (χ1v) is 10.0. The summed E-state index contributed by atoms with van der Waals surface area (Å²) in [5.74, 6) is 0.546. The third kappa shape index (κ3) is 3.86. The highest BCUT2D eigenvalue weighted by atomic mass is 32.2. The lowest BCUT2D eigenvalue weighted by atomic mass is 10.0. The molecule has 1 aliphatic carbocycles. The minimum absolute atomic E-state index is 0.0400. The number of nitrogens with one attached hydrogen (secondary N) is 1. The number of sulfone groups is 1. The minimum Gasteiger partial charge on any atom is -0.493 e. The summed E-state index contributed by atoms with van der Waals surface area (Å²) in [6.07, 6.45) is 4.20. The van der Waals surface area contributed by atoms with Crippen LogP contribution in [0, 0.1) is 0 Å². The zero-order chi connectivity index (χ0) is 16.3. The fourth-order valence-corrected chi connectivity index (χ4v) is 5.26. The summed E-state index contributed by atoms with van der Waals surface area (Å²) < 4.78 is 30.0. The van der Waals surface area contributed by atoms with Crippen LogP contribution in [0.1, 0.15) is 50.1 Å². The highest BCUT2D eigenvalue weighted by molar-refractivity contribution is 7.92. The highest BCUT2D eigenvalue weighted by Crippen LogP contribution is 2.31. The topological polar surface area (TPSA) is 72.5 Å². The standard InChI is InChI=1S/C17H23NO4S/c19-17(10-12-23(20,21)13-5-1-2-6-13)18-15-9-11-22-16-8-4-3-7-14(15)16/h3-4,7-8,13,15H,1-2,5-6,9-12H2,(H,18,19)/t15-/m1/s1. The molecule has 2 aliphatic rings. The molecule has 126 valence electrons. The number of hydrogen-bond donors (Lipinski definition) is 1. The molecule has 1 aliphatic heterocycles. The Kier molecular flexibility index (Phi) is 4.90. The zero-order valence-corrected chi connectivity index (χ0v) is 14.0. The predicted molar refractivity (Wildman–Crippen MR) is 88.1 cm³/mol. The van der Waals surface area contributed by atoms with Crippen LogP contribution in [-0.2, 0) is 14.6 Å². The SMILES string of the molecule is O=C(CCS(=O)(=O)C1CCCC1)N[C@@H]1CCOc2ccccc21. The van der Waals surface area contributed by atoms with Crippen LogP contribution in [0.2, 0.25) is 0 Å². The van der Waals surface area contributed by atoms with Crippen molar-refractivity contribution in [2.45, 2.75) is 49.8 Å². The van der Waals surface area contributed by atoms with E-state index in [4.69, 9.17) is 4.74 Å². The van der Waals surface area contributed by atoms with Crippen molar-refractivity contribution in [3.05, 3.63) is 29.8 Å². The summed E-state index contributed by atoms with van der Waals surface area (Å²) in [4.78, 5) is 12.2. The molecular weight excluding hydrogens is 314 g/mol. The van der Waals surface area contributed by atoms with Crippen LogP contribution in [0.5, 0.6) is 5.75 Å². The van der Waals surface area contributed by atoms with E-state index in [0.29, 0.717) is 13.0 Å². The normalized spacial score (nSPS) is 21.5. The van der Waals surface area contributed by atoms with E-state index >= 15 is 0 Å². The van der Waals surface area contributed by atoms with Gasteiger partial charge in [0.2, 0.25) is 5.91 Å². The average Bonchev–Trinajstić information content (AvgIpc) is 3.09. The van der Waals surface area contributed by atoms with Gasteiger partial charge in [-0.05, 0) is 18.9 Å². The first-order valence-electron chi connectivity index (χ1n) is 8.29. The monoisotopic (exact) mass is 337 g/mol. The van der Waals surface area contributed by atoms with Gasteiger partial charge in [0.15, 0.2) is 9.84 Å². The van der Waals surface area contributed by atoms with Crippen molar-refractivity contribution >= 4 is 15.7 Å². The van der Waals surface area contributed by atoms with Gasteiger partial charge >= 0.3 is 0 Å². The molecule has 6 heteroatoms. The van der Waals surface area contributed by atoms with Gasteiger partial charge in [-0.1, -0.05) is 31.0 Å².